The van der Waals surface area contributed by atoms with Crippen molar-refractivity contribution in [2.45, 2.75) is 39.7 Å². The zero-order chi connectivity index (χ0) is 27.1. The van der Waals surface area contributed by atoms with Gasteiger partial charge in [0.1, 0.15) is 0 Å². The molecule has 0 fully saturated rings. The molecule has 0 aliphatic carbocycles. The van der Waals surface area contributed by atoms with Gasteiger partial charge >= 0.3 is 0 Å². The lowest BCUT2D eigenvalue weighted by Crippen LogP contribution is -2.34. The molecule has 196 valence electrons. The predicted molar refractivity (Wildman–Crippen MR) is 152 cm³/mol. The fourth-order valence-electron chi connectivity index (χ4n) is 4.96. The summed E-state index contributed by atoms with van der Waals surface area (Å²) in [5.41, 5.74) is 4.35. The zero-order valence-electron chi connectivity index (χ0n) is 22.2. The summed E-state index contributed by atoms with van der Waals surface area (Å²) in [7, 11) is 1.63. The second-order valence-electron chi connectivity index (χ2n) is 9.61. The molecule has 0 aliphatic heterocycles. The number of carbonyl (C=O) groups is 2. The number of benzene rings is 3. The Morgan fingerprint density at radius 2 is 1.76 bits per heavy atom. The van der Waals surface area contributed by atoms with Crippen LogP contribution in [0.2, 0.25) is 0 Å². The van der Waals surface area contributed by atoms with Gasteiger partial charge in [-0.05, 0) is 67.8 Å². The molecule has 0 spiro atoms. The maximum Gasteiger partial charge on any atom is 0.227 e. The van der Waals surface area contributed by atoms with Gasteiger partial charge in [0, 0.05) is 72.8 Å². The van der Waals surface area contributed by atoms with Crippen molar-refractivity contribution in [3.05, 3.63) is 72.3 Å². The molecule has 1 heterocycles. The molecule has 4 aromatic rings. The van der Waals surface area contributed by atoms with Crippen LogP contribution in [0.4, 0.5) is 11.4 Å². The molecule has 7 heteroatoms. The minimum atomic E-state index is -0.142. The Morgan fingerprint density at radius 1 is 1.03 bits per heavy atom. The molecule has 0 saturated carbocycles. The molecule has 0 aliphatic rings. The minimum Gasteiger partial charge on any atom is -0.385 e. The molecule has 38 heavy (non-hydrogen) atoms. The van der Waals surface area contributed by atoms with Crippen LogP contribution < -0.4 is 10.2 Å². The summed E-state index contributed by atoms with van der Waals surface area (Å²) in [4.78, 5) is 27.8. The van der Waals surface area contributed by atoms with Gasteiger partial charge < -0.3 is 19.5 Å². The summed E-state index contributed by atoms with van der Waals surface area (Å²) in [6.45, 7) is 5.96. The number of aryl methyl sites for hydroxylation is 1. The number of anilines is 2. The number of fused-ring (bicyclic) bond motifs is 3. The fourth-order valence-corrected chi connectivity index (χ4v) is 4.96. The van der Waals surface area contributed by atoms with E-state index in [1.807, 2.05) is 31.2 Å². The summed E-state index contributed by atoms with van der Waals surface area (Å²) >= 11 is 0. The van der Waals surface area contributed by atoms with Crippen molar-refractivity contribution in [3.63, 3.8) is 0 Å². The third-order valence-electron chi connectivity index (χ3n) is 6.77. The van der Waals surface area contributed by atoms with E-state index in [0.29, 0.717) is 25.1 Å². The van der Waals surface area contributed by atoms with Crippen molar-refractivity contribution in [1.82, 2.24) is 4.57 Å². The van der Waals surface area contributed by atoms with Crippen LogP contribution in [-0.4, -0.2) is 36.6 Å². The second-order valence-corrected chi connectivity index (χ2v) is 9.61. The van der Waals surface area contributed by atoms with Gasteiger partial charge in [-0.25, -0.2) is 0 Å². The van der Waals surface area contributed by atoms with E-state index in [0.717, 1.165) is 34.2 Å². The van der Waals surface area contributed by atoms with Gasteiger partial charge in [-0.2, -0.15) is 5.26 Å². The Kier molecular flexibility index (Phi) is 8.77. The van der Waals surface area contributed by atoms with Crippen LogP contribution in [0.5, 0.6) is 0 Å². The van der Waals surface area contributed by atoms with Crippen LogP contribution in [0.25, 0.3) is 21.8 Å². The Balaban J connectivity index is 1.42. The highest BCUT2D eigenvalue weighted by Crippen LogP contribution is 2.31. The number of ether oxygens (including phenoxy) is 1. The molecule has 0 bridgehead atoms. The number of nitrogens with zero attached hydrogens (tertiary/aromatic N) is 3. The minimum absolute atomic E-state index is 0.0556. The van der Waals surface area contributed by atoms with Gasteiger partial charge in [0.15, 0.2) is 0 Å². The summed E-state index contributed by atoms with van der Waals surface area (Å²) in [6.07, 6.45) is 1.16. The highest BCUT2D eigenvalue weighted by Gasteiger charge is 2.20. The van der Waals surface area contributed by atoms with Gasteiger partial charge in [0.2, 0.25) is 11.8 Å². The lowest BCUT2D eigenvalue weighted by atomic mass is 10.0. The highest BCUT2D eigenvalue weighted by atomic mass is 16.5. The van der Waals surface area contributed by atoms with Crippen molar-refractivity contribution in [2.75, 3.05) is 30.5 Å². The van der Waals surface area contributed by atoms with E-state index in [-0.39, 0.29) is 30.6 Å². The topological polar surface area (TPSA) is 87.4 Å². The molecule has 1 N–H and O–H groups in total. The molecule has 1 atom stereocenters. The van der Waals surface area contributed by atoms with Crippen molar-refractivity contribution >= 4 is 45.0 Å². The summed E-state index contributed by atoms with van der Waals surface area (Å²) in [6, 6.07) is 23.4. The van der Waals surface area contributed by atoms with Gasteiger partial charge in [-0.3, -0.25) is 9.59 Å². The van der Waals surface area contributed by atoms with Crippen molar-refractivity contribution in [2.24, 2.45) is 5.92 Å². The van der Waals surface area contributed by atoms with E-state index in [1.165, 1.54) is 5.52 Å². The second kappa shape index (κ2) is 12.4. The van der Waals surface area contributed by atoms with Gasteiger partial charge in [0.25, 0.3) is 0 Å². The molecule has 7 nitrogen and oxygen atoms in total. The standard InChI is InChI=1S/C31H34N4O3/c1-4-34-28-9-6-5-8-26(28)27-20-24(12-15-29(27)34)33-30(36)18-22(2)19-31(37)35(16-7-17-38-3)25-13-10-23(21-32)11-14-25/h5-6,8-15,20,22H,4,7,16-19H2,1-3H3,(H,33,36). The first-order valence-corrected chi connectivity index (χ1v) is 13.1. The number of nitriles is 1. The molecule has 3 aromatic carbocycles. The normalized spacial score (nSPS) is 11.8. The van der Waals surface area contributed by atoms with E-state index in [2.05, 4.69) is 41.1 Å². The third kappa shape index (κ3) is 6.04. The molecule has 2 amide bonds. The quantitative estimate of drug-likeness (QED) is 0.247. The van der Waals surface area contributed by atoms with Gasteiger partial charge in [0.05, 0.1) is 11.6 Å². The van der Waals surface area contributed by atoms with Crippen LogP contribution >= 0.6 is 0 Å². The third-order valence-corrected chi connectivity index (χ3v) is 6.77. The van der Waals surface area contributed by atoms with E-state index in [1.54, 1.807) is 36.3 Å². The smallest absolute Gasteiger partial charge is 0.227 e. The monoisotopic (exact) mass is 510 g/mol. The lowest BCUT2D eigenvalue weighted by molar-refractivity contribution is -0.120. The Hall–Kier alpha value is -4.15. The zero-order valence-corrected chi connectivity index (χ0v) is 22.2. The fraction of sp³-hybridized carbons (Fsp3) is 0.323. The molecular formula is C31H34N4O3. The van der Waals surface area contributed by atoms with Crippen LogP contribution in [0.15, 0.2) is 66.7 Å². The number of hydrogen-bond acceptors (Lipinski definition) is 4. The predicted octanol–water partition coefficient (Wildman–Crippen LogP) is 6.11. The largest absolute Gasteiger partial charge is 0.385 e. The molecule has 1 aromatic heterocycles. The maximum atomic E-state index is 13.2. The van der Waals surface area contributed by atoms with Crippen LogP contribution in [0.3, 0.4) is 0 Å². The van der Waals surface area contributed by atoms with Gasteiger partial charge in [-0.1, -0.05) is 25.1 Å². The number of amides is 2. The van der Waals surface area contributed by atoms with Gasteiger partial charge in [-0.15, -0.1) is 0 Å². The Labute approximate surface area is 223 Å². The van der Waals surface area contributed by atoms with Crippen LogP contribution in [0, 0.1) is 17.2 Å². The lowest BCUT2D eigenvalue weighted by Gasteiger charge is -2.24. The van der Waals surface area contributed by atoms with Crippen molar-refractivity contribution in [3.8, 4) is 6.07 Å². The number of hydrogen-bond donors (Lipinski definition) is 1. The highest BCUT2D eigenvalue weighted by molar-refractivity contribution is 6.09. The van der Waals surface area contributed by atoms with Crippen LogP contribution in [0.1, 0.15) is 38.7 Å². The first kappa shape index (κ1) is 26.9. The molecule has 4 rings (SSSR count). The number of carbonyl (C=O) groups excluding carboxylic acids is 2. The number of rotatable bonds is 11. The summed E-state index contributed by atoms with van der Waals surface area (Å²) in [5.74, 6) is -0.315. The van der Waals surface area contributed by atoms with Crippen molar-refractivity contribution < 1.29 is 14.3 Å². The number of para-hydroxylation sites is 1. The van der Waals surface area contributed by atoms with E-state index in [9.17, 15) is 9.59 Å². The SMILES string of the molecule is CCn1c2ccccc2c2cc(NC(=O)CC(C)CC(=O)N(CCCOC)c3ccc(C#N)cc3)ccc21. The summed E-state index contributed by atoms with van der Waals surface area (Å²) in [5, 5.41) is 14.4. The molecule has 1 unspecified atom stereocenters. The van der Waals surface area contributed by atoms with E-state index in [4.69, 9.17) is 10.00 Å². The Morgan fingerprint density at radius 3 is 2.47 bits per heavy atom. The first-order valence-electron chi connectivity index (χ1n) is 13.1. The maximum absolute atomic E-state index is 13.2. The average Bonchev–Trinajstić information content (AvgIpc) is 3.24. The molecule has 0 saturated heterocycles. The Bertz CT molecular complexity index is 1470. The molecule has 0 radical (unpaired) electrons. The summed E-state index contributed by atoms with van der Waals surface area (Å²) < 4.78 is 7.43. The number of methoxy groups -OCH3 is 1. The van der Waals surface area contributed by atoms with Crippen molar-refractivity contribution in [1.29, 1.82) is 5.26 Å². The number of aromatic nitrogens is 1. The van der Waals surface area contributed by atoms with Crippen LogP contribution in [-0.2, 0) is 20.9 Å². The molecular weight excluding hydrogens is 476 g/mol. The number of nitrogens with one attached hydrogen (secondary N) is 1. The first-order chi connectivity index (χ1) is 18.4. The average molecular weight is 511 g/mol. The van der Waals surface area contributed by atoms with E-state index >= 15 is 0 Å². The van der Waals surface area contributed by atoms with E-state index < -0.39 is 0 Å².